The first-order valence-electron chi connectivity index (χ1n) is 6.23. The zero-order chi connectivity index (χ0) is 14.7. The maximum atomic E-state index is 13.5. The Morgan fingerprint density at radius 2 is 1.90 bits per heavy atom. The van der Waals surface area contributed by atoms with Crippen LogP contribution in [-0.2, 0) is 6.54 Å². The Bertz CT molecular complexity index is 640. The van der Waals surface area contributed by atoms with Crippen molar-refractivity contribution < 1.29 is 13.6 Å². The van der Waals surface area contributed by atoms with Gasteiger partial charge in [0.2, 0.25) is 0 Å². The summed E-state index contributed by atoms with van der Waals surface area (Å²) in [6.07, 6.45) is 0. The number of halogens is 2. The number of amides is 1. The van der Waals surface area contributed by atoms with E-state index in [-0.39, 0.29) is 23.8 Å². The number of rotatable bonds is 3. The highest BCUT2D eigenvalue weighted by atomic mass is 19.1. The average Bonchev–Trinajstić information content (AvgIpc) is 2.41. The predicted octanol–water partition coefficient (Wildman–Crippen LogP) is 3.55. The van der Waals surface area contributed by atoms with Crippen LogP contribution in [-0.4, -0.2) is 17.9 Å². The third kappa shape index (κ3) is 3.20. The van der Waals surface area contributed by atoms with Crippen molar-refractivity contribution in [1.29, 1.82) is 0 Å². The molecule has 4 heteroatoms. The smallest absolute Gasteiger partial charge is 0.253 e. The van der Waals surface area contributed by atoms with Crippen LogP contribution in [0, 0.1) is 18.6 Å². The summed E-state index contributed by atoms with van der Waals surface area (Å²) < 4.78 is 26.5. The van der Waals surface area contributed by atoms with E-state index in [1.807, 2.05) is 0 Å². The van der Waals surface area contributed by atoms with Gasteiger partial charge in [-0.25, -0.2) is 8.78 Å². The first-order chi connectivity index (χ1) is 9.47. The molecule has 0 bridgehead atoms. The van der Waals surface area contributed by atoms with Crippen LogP contribution in [0.1, 0.15) is 21.5 Å². The van der Waals surface area contributed by atoms with E-state index in [0.717, 1.165) is 0 Å². The van der Waals surface area contributed by atoms with Crippen LogP contribution in [0.4, 0.5) is 8.78 Å². The quantitative estimate of drug-likeness (QED) is 0.839. The molecule has 0 radical (unpaired) electrons. The van der Waals surface area contributed by atoms with Gasteiger partial charge in [0.05, 0.1) is 0 Å². The van der Waals surface area contributed by atoms with E-state index in [9.17, 15) is 13.6 Å². The molecule has 0 aliphatic carbocycles. The first-order valence-corrected chi connectivity index (χ1v) is 6.23. The molecule has 2 nitrogen and oxygen atoms in total. The second kappa shape index (κ2) is 5.82. The Labute approximate surface area is 116 Å². The van der Waals surface area contributed by atoms with Gasteiger partial charge < -0.3 is 4.90 Å². The van der Waals surface area contributed by atoms with Gasteiger partial charge in [0.1, 0.15) is 11.6 Å². The SMILES string of the molecule is Cc1ccc(C(=O)N(C)Cc2cccc(F)c2)cc1F. The van der Waals surface area contributed by atoms with E-state index in [1.165, 1.54) is 23.1 Å². The highest BCUT2D eigenvalue weighted by molar-refractivity contribution is 5.94. The molecule has 2 aromatic carbocycles. The summed E-state index contributed by atoms with van der Waals surface area (Å²) in [5.74, 6) is -1.05. The maximum absolute atomic E-state index is 13.5. The molecule has 2 rings (SSSR count). The number of hydrogen-bond acceptors (Lipinski definition) is 1. The molecule has 0 saturated heterocycles. The molecular weight excluding hydrogens is 260 g/mol. The summed E-state index contributed by atoms with van der Waals surface area (Å²) in [4.78, 5) is 13.6. The highest BCUT2D eigenvalue weighted by Crippen LogP contribution is 2.13. The van der Waals surface area contributed by atoms with Crippen LogP contribution in [0.2, 0.25) is 0 Å². The van der Waals surface area contributed by atoms with Crippen molar-refractivity contribution in [3.8, 4) is 0 Å². The molecule has 0 N–H and O–H groups in total. The van der Waals surface area contributed by atoms with E-state index in [0.29, 0.717) is 11.1 Å². The minimum atomic E-state index is -0.407. The van der Waals surface area contributed by atoms with Crippen molar-refractivity contribution in [1.82, 2.24) is 4.90 Å². The maximum Gasteiger partial charge on any atom is 0.253 e. The standard InChI is InChI=1S/C16H15F2NO/c1-11-6-7-13(9-15(11)18)16(20)19(2)10-12-4-3-5-14(17)8-12/h3-9H,10H2,1-2H3. The lowest BCUT2D eigenvalue weighted by Crippen LogP contribution is -2.26. The first kappa shape index (κ1) is 14.2. The largest absolute Gasteiger partial charge is 0.337 e. The molecule has 0 unspecified atom stereocenters. The summed E-state index contributed by atoms with van der Waals surface area (Å²) in [5, 5.41) is 0. The van der Waals surface area contributed by atoms with E-state index in [1.54, 1.807) is 38.2 Å². The number of hydrogen-bond donors (Lipinski definition) is 0. The third-order valence-electron chi connectivity index (χ3n) is 3.07. The lowest BCUT2D eigenvalue weighted by molar-refractivity contribution is 0.0784. The minimum absolute atomic E-state index is 0.270. The van der Waals surface area contributed by atoms with Crippen molar-refractivity contribution in [2.24, 2.45) is 0 Å². The Balaban J connectivity index is 2.14. The van der Waals surface area contributed by atoms with Gasteiger partial charge in [-0.15, -0.1) is 0 Å². The van der Waals surface area contributed by atoms with Gasteiger partial charge in [-0.1, -0.05) is 18.2 Å². The van der Waals surface area contributed by atoms with E-state index in [2.05, 4.69) is 0 Å². The van der Waals surface area contributed by atoms with Crippen LogP contribution >= 0.6 is 0 Å². The predicted molar refractivity (Wildman–Crippen MR) is 73.3 cm³/mol. The molecule has 0 aromatic heterocycles. The Morgan fingerprint density at radius 1 is 1.15 bits per heavy atom. The summed E-state index contributed by atoms with van der Waals surface area (Å²) in [6.45, 7) is 1.91. The Morgan fingerprint density at radius 3 is 2.55 bits per heavy atom. The van der Waals surface area contributed by atoms with Gasteiger partial charge >= 0.3 is 0 Å². The van der Waals surface area contributed by atoms with Gasteiger partial charge in [0.25, 0.3) is 5.91 Å². The van der Waals surface area contributed by atoms with Gasteiger partial charge in [-0.3, -0.25) is 4.79 Å². The van der Waals surface area contributed by atoms with Crippen molar-refractivity contribution in [3.63, 3.8) is 0 Å². The number of carbonyl (C=O) groups is 1. The van der Waals surface area contributed by atoms with E-state index in [4.69, 9.17) is 0 Å². The molecule has 0 heterocycles. The molecule has 0 aliphatic rings. The topological polar surface area (TPSA) is 20.3 Å². The fourth-order valence-corrected chi connectivity index (χ4v) is 1.93. The molecular formula is C16H15F2NO. The van der Waals surface area contributed by atoms with Crippen molar-refractivity contribution in [2.75, 3.05) is 7.05 Å². The number of nitrogens with zero attached hydrogens (tertiary/aromatic N) is 1. The molecule has 20 heavy (non-hydrogen) atoms. The molecule has 104 valence electrons. The molecule has 1 amide bonds. The summed E-state index contributed by atoms with van der Waals surface area (Å²) >= 11 is 0. The monoisotopic (exact) mass is 275 g/mol. The summed E-state index contributed by atoms with van der Waals surface area (Å²) in [7, 11) is 1.60. The molecule has 2 aromatic rings. The van der Waals surface area contributed by atoms with Gasteiger partial charge in [0, 0.05) is 19.2 Å². The summed E-state index contributed by atoms with van der Waals surface area (Å²) in [6, 6.07) is 10.4. The lowest BCUT2D eigenvalue weighted by atomic mass is 10.1. The van der Waals surface area contributed by atoms with Crippen molar-refractivity contribution in [2.45, 2.75) is 13.5 Å². The van der Waals surface area contributed by atoms with Crippen LogP contribution < -0.4 is 0 Å². The summed E-state index contributed by atoms with van der Waals surface area (Å²) in [5.41, 5.74) is 1.47. The van der Waals surface area contributed by atoms with Crippen molar-refractivity contribution in [3.05, 3.63) is 70.8 Å². The number of carbonyl (C=O) groups excluding carboxylic acids is 1. The second-order valence-electron chi connectivity index (χ2n) is 4.76. The fourth-order valence-electron chi connectivity index (χ4n) is 1.93. The highest BCUT2D eigenvalue weighted by Gasteiger charge is 2.13. The van der Waals surface area contributed by atoms with Gasteiger partial charge in [-0.05, 0) is 42.3 Å². The fraction of sp³-hybridized carbons (Fsp3) is 0.188. The average molecular weight is 275 g/mol. The van der Waals surface area contributed by atoms with Crippen molar-refractivity contribution >= 4 is 5.91 Å². The zero-order valence-electron chi connectivity index (χ0n) is 11.4. The van der Waals surface area contributed by atoms with Crippen LogP contribution in [0.25, 0.3) is 0 Å². The van der Waals surface area contributed by atoms with E-state index >= 15 is 0 Å². The van der Waals surface area contributed by atoms with Crippen LogP contribution in [0.3, 0.4) is 0 Å². The van der Waals surface area contributed by atoms with Gasteiger partial charge in [-0.2, -0.15) is 0 Å². The zero-order valence-corrected chi connectivity index (χ0v) is 11.4. The van der Waals surface area contributed by atoms with Gasteiger partial charge in [0.15, 0.2) is 0 Å². The number of aryl methyl sites for hydroxylation is 1. The van der Waals surface area contributed by atoms with Crippen LogP contribution in [0.15, 0.2) is 42.5 Å². The molecule has 0 aliphatic heterocycles. The minimum Gasteiger partial charge on any atom is -0.337 e. The Kier molecular flexibility index (Phi) is 4.13. The third-order valence-corrected chi connectivity index (χ3v) is 3.07. The van der Waals surface area contributed by atoms with Crippen LogP contribution in [0.5, 0.6) is 0 Å². The lowest BCUT2D eigenvalue weighted by Gasteiger charge is -2.17. The normalized spacial score (nSPS) is 10.4. The second-order valence-corrected chi connectivity index (χ2v) is 4.76. The molecule has 0 saturated carbocycles. The molecule has 0 atom stereocenters. The van der Waals surface area contributed by atoms with E-state index < -0.39 is 5.82 Å². The Hall–Kier alpha value is -2.23. The molecule has 0 fully saturated rings. The molecule has 0 spiro atoms. The number of benzene rings is 2.